The molecule has 0 fully saturated rings. The molecule has 2 aromatic rings. The summed E-state index contributed by atoms with van der Waals surface area (Å²) in [6.07, 6.45) is 6.99. The lowest BCUT2D eigenvalue weighted by atomic mass is 9.98. The quantitative estimate of drug-likeness (QED) is 0.827. The Balaban J connectivity index is 1.55. The monoisotopic (exact) mass is 347 g/mol. The number of fused-ring (bicyclic) bond motifs is 2. The highest BCUT2D eigenvalue weighted by atomic mass is 35.5. The maximum atomic E-state index is 6.52. The minimum atomic E-state index is 0.897. The molecule has 0 amide bonds. The number of thioether (sulfide) groups is 1. The van der Waals surface area contributed by atoms with Crippen molar-refractivity contribution in [3.63, 3.8) is 0 Å². The van der Waals surface area contributed by atoms with Gasteiger partial charge in [-0.15, -0.1) is 0 Å². The van der Waals surface area contributed by atoms with Gasteiger partial charge in [-0.3, -0.25) is 0 Å². The summed E-state index contributed by atoms with van der Waals surface area (Å²) in [7, 11) is 0. The first kappa shape index (κ1) is 15.6. The molecule has 0 bridgehead atoms. The molecule has 2 heterocycles. The van der Waals surface area contributed by atoms with Crippen molar-refractivity contribution in [3.05, 3.63) is 45.2 Å². The zero-order valence-electron chi connectivity index (χ0n) is 13.3. The van der Waals surface area contributed by atoms with Crippen LogP contribution in [0.2, 0.25) is 5.02 Å². The van der Waals surface area contributed by atoms with Crippen molar-refractivity contribution in [1.29, 1.82) is 0 Å². The van der Waals surface area contributed by atoms with Crippen LogP contribution in [-0.2, 0) is 31.4 Å². The van der Waals surface area contributed by atoms with Crippen molar-refractivity contribution in [1.82, 2.24) is 15.3 Å². The summed E-state index contributed by atoms with van der Waals surface area (Å²) < 4.78 is 0. The summed E-state index contributed by atoms with van der Waals surface area (Å²) in [6.45, 7) is 2.10. The molecule has 3 nitrogen and oxygen atoms in total. The predicted molar refractivity (Wildman–Crippen MR) is 96.5 cm³/mol. The highest BCUT2D eigenvalue weighted by molar-refractivity contribution is 7.98. The average molecular weight is 348 g/mol. The van der Waals surface area contributed by atoms with E-state index >= 15 is 0 Å². The third-order valence-corrected chi connectivity index (χ3v) is 6.13. The molecule has 1 aliphatic heterocycles. The number of hydrogen-bond donors (Lipinski definition) is 2. The van der Waals surface area contributed by atoms with Crippen LogP contribution >= 0.6 is 23.4 Å². The van der Waals surface area contributed by atoms with Crippen LogP contribution in [0.3, 0.4) is 0 Å². The molecule has 1 aliphatic carbocycles. The van der Waals surface area contributed by atoms with Gasteiger partial charge >= 0.3 is 0 Å². The lowest BCUT2D eigenvalue weighted by Crippen LogP contribution is -2.16. The highest BCUT2D eigenvalue weighted by Gasteiger charge is 2.17. The number of halogens is 1. The fraction of sp³-hybridized carbons (Fsp3) is 0.500. The topological polar surface area (TPSA) is 40.7 Å². The number of aromatic amines is 1. The number of hydrogen-bond acceptors (Lipinski definition) is 3. The Kier molecular flexibility index (Phi) is 4.65. The van der Waals surface area contributed by atoms with E-state index in [1.165, 1.54) is 40.9 Å². The first-order chi connectivity index (χ1) is 11.3. The summed E-state index contributed by atoms with van der Waals surface area (Å²) in [6, 6.07) is 4.26. The molecule has 0 unspecified atom stereocenters. The van der Waals surface area contributed by atoms with Gasteiger partial charge in [-0.1, -0.05) is 29.4 Å². The second kappa shape index (κ2) is 6.88. The molecule has 1 aromatic carbocycles. The number of nitrogens with one attached hydrogen (secondary N) is 2. The lowest BCUT2D eigenvalue weighted by molar-refractivity contribution is 0.667. The molecule has 23 heavy (non-hydrogen) atoms. The van der Waals surface area contributed by atoms with Gasteiger partial charge in [0.1, 0.15) is 0 Å². The zero-order chi connectivity index (χ0) is 15.6. The van der Waals surface area contributed by atoms with Crippen molar-refractivity contribution in [3.8, 4) is 0 Å². The molecule has 5 heteroatoms. The number of rotatable bonds is 3. The maximum absolute atomic E-state index is 6.52. The van der Waals surface area contributed by atoms with Crippen LogP contribution in [0.1, 0.15) is 40.9 Å². The molecule has 0 spiro atoms. The maximum Gasteiger partial charge on any atom is 0.166 e. The molecule has 122 valence electrons. The number of nitrogens with zero attached hydrogens (tertiary/aromatic N) is 1. The van der Waals surface area contributed by atoms with Crippen molar-refractivity contribution in [2.45, 2.75) is 49.4 Å². The van der Waals surface area contributed by atoms with Crippen LogP contribution in [0, 0.1) is 0 Å². The lowest BCUT2D eigenvalue weighted by Gasteiger charge is -2.13. The van der Waals surface area contributed by atoms with Crippen LogP contribution in [0.4, 0.5) is 0 Å². The van der Waals surface area contributed by atoms with E-state index in [1.807, 2.05) is 0 Å². The minimum absolute atomic E-state index is 0.897. The Labute approximate surface area is 146 Å². The van der Waals surface area contributed by atoms with Gasteiger partial charge in [0, 0.05) is 16.5 Å². The van der Waals surface area contributed by atoms with E-state index in [2.05, 4.69) is 22.4 Å². The Hall–Kier alpha value is -0.970. The third-order valence-electron chi connectivity index (χ3n) is 4.88. The molecule has 0 saturated carbocycles. The standard InChI is InChI=1S/C18H22ClN3S/c19-15-6-5-12-7-9-20-10-8-13(12)14(15)11-23-18-21-16-3-1-2-4-17(16)22-18/h5-6,20H,1-4,7-11H2,(H,21,22). The fourth-order valence-electron chi connectivity index (χ4n) is 3.61. The molecule has 0 radical (unpaired) electrons. The van der Waals surface area contributed by atoms with Gasteiger partial charge in [-0.25, -0.2) is 4.98 Å². The molecule has 0 saturated heterocycles. The molecular weight excluding hydrogens is 326 g/mol. The second-order valence-electron chi connectivity index (χ2n) is 6.38. The molecule has 1 aromatic heterocycles. The molecular formula is C18H22ClN3S. The fourth-order valence-corrected chi connectivity index (χ4v) is 4.92. The van der Waals surface area contributed by atoms with Gasteiger partial charge in [0.15, 0.2) is 5.16 Å². The summed E-state index contributed by atoms with van der Waals surface area (Å²) in [4.78, 5) is 8.29. The van der Waals surface area contributed by atoms with Gasteiger partial charge in [0.2, 0.25) is 0 Å². The first-order valence-electron chi connectivity index (χ1n) is 8.51. The average Bonchev–Trinajstić information content (AvgIpc) is 2.83. The smallest absolute Gasteiger partial charge is 0.166 e. The summed E-state index contributed by atoms with van der Waals surface area (Å²) in [5.74, 6) is 0.897. The van der Waals surface area contributed by atoms with Crippen molar-refractivity contribution < 1.29 is 0 Å². The van der Waals surface area contributed by atoms with E-state index in [1.54, 1.807) is 11.8 Å². The molecule has 0 atom stereocenters. The third kappa shape index (κ3) is 3.30. The Morgan fingerprint density at radius 1 is 1.09 bits per heavy atom. The van der Waals surface area contributed by atoms with Crippen LogP contribution in [0.5, 0.6) is 0 Å². The summed E-state index contributed by atoms with van der Waals surface area (Å²) >= 11 is 8.31. The Morgan fingerprint density at radius 2 is 1.96 bits per heavy atom. The zero-order valence-corrected chi connectivity index (χ0v) is 14.8. The summed E-state index contributed by atoms with van der Waals surface area (Å²) in [5, 5.41) is 5.43. The van der Waals surface area contributed by atoms with Gasteiger partial charge < -0.3 is 10.3 Å². The van der Waals surface area contributed by atoms with E-state index in [9.17, 15) is 0 Å². The number of imidazole rings is 1. The van der Waals surface area contributed by atoms with Gasteiger partial charge in [-0.05, 0) is 74.4 Å². The van der Waals surface area contributed by atoms with Crippen molar-refractivity contribution >= 4 is 23.4 Å². The SMILES string of the molecule is Clc1ccc2c(c1CSc1nc3c([nH]1)CCCC3)CCNCC2. The molecule has 2 aliphatic rings. The normalized spacial score (nSPS) is 17.4. The number of H-pyrrole nitrogens is 1. The van der Waals surface area contributed by atoms with E-state index in [0.29, 0.717) is 0 Å². The highest BCUT2D eigenvalue weighted by Crippen LogP contribution is 2.32. The van der Waals surface area contributed by atoms with Crippen LogP contribution < -0.4 is 5.32 Å². The second-order valence-corrected chi connectivity index (χ2v) is 7.75. The van der Waals surface area contributed by atoms with Crippen LogP contribution in [0.25, 0.3) is 0 Å². The van der Waals surface area contributed by atoms with Crippen LogP contribution in [0.15, 0.2) is 17.3 Å². The van der Waals surface area contributed by atoms with E-state index in [-0.39, 0.29) is 0 Å². The first-order valence-corrected chi connectivity index (χ1v) is 9.88. The summed E-state index contributed by atoms with van der Waals surface area (Å²) in [5.41, 5.74) is 6.83. The van der Waals surface area contributed by atoms with E-state index in [0.717, 1.165) is 54.7 Å². The van der Waals surface area contributed by atoms with Crippen molar-refractivity contribution in [2.24, 2.45) is 0 Å². The number of aryl methyl sites for hydroxylation is 2. The van der Waals surface area contributed by atoms with Crippen molar-refractivity contribution in [2.75, 3.05) is 13.1 Å². The molecule has 4 rings (SSSR count). The Morgan fingerprint density at radius 3 is 2.87 bits per heavy atom. The predicted octanol–water partition coefficient (Wildman–Crippen LogP) is 3.92. The van der Waals surface area contributed by atoms with E-state index < -0.39 is 0 Å². The number of aromatic nitrogens is 2. The van der Waals surface area contributed by atoms with Crippen LogP contribution in [-0.4, -0.2) is 23.1 Å². The van der Waals surface area contributed by atoms with Gasteiger partial charge in [-0.2, -0.15) is 0 Å². The minimum Gasteiger partial charge on any atom is -0.337 e. The molecule has 2 N–H and O–H groups in total. The number of benzene rings is 1. The van der Waals surface area contributed by atoms with Gasteiger partial charge in [0.05, 0.1) is 5.69 Å². The van der Waals surface area contributed by atoms with E-state index in [4.69, 9.17) is 16.6 Å². The van der Waals surface area contributed by atoms with Gasteiger partial charge in [0.25, 0.3) is 0 Å². The largest absolute Gasteiger partial charge is 0.337 e. The Bertz CT molecular complexity index is 687.